The van der Waals surface area contributed by atoms with Crippen molar-refractivity contribution in [1.82, 2.24) is 5.32 Å². The highest BCUT2D eigenvalue weighted by molar-refractivity contribution is 9.10. The SMILES string of the molecule is CNCC(C)C(=O)Nc1cc(Br)c(F)cc1F. The van der Waals surface area contributed by atoms with Crippen molar-refractivity contribution in [3.8, 4) is 0 Å². The van der Waals surface area contributed by atoms with Gasteiger partial charge in [0.05, 0.1) is 10.2 Å². The van der Waals surface area contributed by atoms with Gasteiger partial charge in [-0.15, -0.1) is 0 Å². The second-order valence-corrected chi connectivity index (χ2v) is 4.55. The molecule has 0 aliphatic rings. The minimum atomic E-state index is -0.796. The number of amides is 1. The normalized spacial score (nSPS) is 12.3. The first-order valence-electron chi connectivity index (χ1n) is 5.05. The predicted molar refractivity (Wildman–Crippen MR) is 65.8 cm³/mol. The zero-order chi connectivity index (χ0) is 13.0. The molecule has 1 amide bonds. The first kappa shape index (κ1) is 14.1. The monoisotopic (exact) mass is 306 g/mol. The lowest BCUT2D eigenvalue weighted by Gasteiger charge is -2.12. The molecule has 0 aliphatic heterocycles. The Balaban J connectivity index is 2.81. The molecule has 0 saturated heterocycles. The molecule has 1 aromatic carbocycles. The summed E-state index contributed by atoms with van der Waals surface area (Å²) in [4.78, 5) is 11.6. The predicted octanol–water partition coefficient (Wildman–Crippen LogP) is 2.52. The second kappa shape index (κ2) is 6.07. The quantitative estimate of drug-likeness (QED) is 0.839. The Kier molecular flexibility index (Phi) is 5.02. The molecule has 0 saturated carbocycles. The van der Waals surface area contributed by atoms with E-state index in [4.69, 9.17) is 0 Å². The number of anilines is 1. The molecular weight excluding hydrogens is 294 g/mol. The lowest BCUT2D eigenvalue weighted by molar-refractivity contribution is -0.119. The van der Waals surface area contributed by atoms with Crippen LogP contribution >= 0.6 is 15.9 Å². The van der Waals surface area contributed by atoms with Crippen LogP contribution in [0.2, 0.25) is 0 Å². The van der Waals surface area contributed by atoms with E-state index in [0.29, 0.717) is 6.54 Å². The molecule has 1 aromatic rings. The van der Waals surface area contributed by atoms with Gasteiger partial charge in [0.25, 0.3) is 0 Å². The minimum Gasteiger partial charge on any atom is -0.323 e. The molecule has 0 aromatic heterocycles. The average molecular weight is 307 g/mol. The van der Waals surface area contributed by atoms with Crippen LogP contribution in [0.25, 0.3) is 0 Å². The summed E-state index contributed by atoms with van der Waals surface area (Å²) in [5, 5.41) is 5.26. The molecular formula is C11H13BrF2N2O. The molecule has 2 N–H and O–H groups in total. The van der Waals surface area contributed by atoms with Crippen LogP contribution in [-0.4, -0.2) is 19.5 Å². The number of carbonyl (C=O) groups is 1. The summed E-state index contributed by atoms with van der Waals surface area (Å²) in [5.74, 6) is -2.13. The summed E-state index contributed by atoms with van der Waals surface area (Å²) < 4.78 is 26.4. The standard InChI is InChI=1S/C11H13BrF2N2O/c1-6(5-15-2)11(17)16-10-3-7(12)8(13)4-9(10)14/h3-4,6,15H,5H2,1-2H3,(H,16,17). The third-order valence-corrected chi connectivity index (χ3v) is 2.83. The Morgan fingerprint density at radius 2 is 2.06 bits per heavy atom. The molecule has 17 heavy (non-hydrogen) atoms. The molecule has 1 rings (SSSR count). The van der Waals surface area contributed by atoms with Crippen LogP contribution in [0.4, 0.5) is 14.5 Å². The van der Waals surface area contributed by atoms with E-state index in [0.717, 1.165) is 6.07 Å². The summed E-state index contributed by atoms with van der Waals surface area (Å²) in [7, 11) is 1.72. The van der Waals surface area contributed by atoms with Crippen LogP contribution in [0.3, 0.4) is 0 Å². The molecule has 0 radical (unpaired) electrons. The van der Waals surface area contributed by atoms with E-state index in [1.54, 1.807) is 14.0 Å². The smallest absolute Gasteiger partial charge is 0.228 e. The Morgan fingerprint density at radius 1 is 1.41 bits per heavy atom. The van der Waals surface area contributed by atoms with Gasteiger partial charge in [0.1, 0.15) is 11.6 Å². The van der Waals surface area contributed by atoms with Gasteiger partial charge in [0.2, 0.25) is 5.91 Å². The van der Waals surface area contributed by atoms with E-state index in [9.17, 15) is 13.6 Å². The molecule has 0 heterocycles. The van der Waals surface area contributed by atoms with Crippen LogP contribution in [0.1, 0.15) is 6.92 Å². The van der Waals surface area contributed by atoms with Gasteiger partial charge in [-0.05, 0) is 29.0 Å². The molecule has 94 valence electrons. The van der Waals surface area contributed by atoms with Gasteiger partial charge in [0.15, 0.2) is 0 Å². The zero-order valence-electron chi connectivity index (χ0n) is 9.48. The first-order valence-corrected chi connectivity index (χ1v) is 5.85. The van der Waals surface area contributed by atoms with Crippen LogP contribution in [0.15, 0.2) is 16.6 Å². The number of nitrogens with one attached hydrogen (secondary N) is 2. The zero-order valence-corrected chi connectivity index (χ0v) is 11.1. The van der Waals surface area contributed by atoms with Crippen molar-refractivity contribution in [3.63, 3.8) is 0 Å². The van der Waals surface area contributed by atoms with Gasteiger partial charge in [-0.1, -0.05) is 6.92 Å². The summed E-state index contributed by atoms with van der Waals surface area (Å²) in [5.41, 5.74) is -0.0359. The number of benzene rings is 1. The van der Waals surface area contributed by atoms with Crippen molar-refractivity contribution >= 4 is 27.5 Å². The van der Waals surface area contributed by atoms with Gasteiger partial charge >= 0.3 is 0 Å². The summed E-state index contributed by atoms with van der Waals surface area (Å²) in [6.45, 7) is 2.19. The Hall–Kier alpha value is -1.01. The van der Waals surface area contributed by atoms with Gasteiger partial charge < -0.3 is 10.6 Å². The minimum absolute atomic E-state index is 0.0359. The van der Waals surface area contributed by atoms with Gasteiger partial charge in [-0.25, -0.2) is 8.78 Å². The van der Waals surface area contributed by atoms with Crippen LogP contribution in [-0.2, 0) is 4.79 Å². The number of rotatable bonds is 4. The number of hydrogen-bond donors (Lipinski definition) is 2. The van der Waals surface area contributed by atoms with Crippen LogP contribution in [0.5, 0.6) is 0 Å². The van der Waals surface area contributed by atoms with E-state index < -0.39 is 11.6 Å². The van der Waals surface area contributed by atoms with Crippen molar-refractivity contribution < 1.29 is 13.6 Å². The van der Waals surface area contributed by atoms with Gasteiger partial charge in [-0.2, -0.15) is 0 Å². The Labute approximate surface area is 107 Å². The third-order valence-electron chi connectivity index (χ3n) is 2.23. The molecule has 6 heteroatoms. The molecule has 0 spiro atoms. The molecule has 0 aliphatic carbocycles. The van der Waals surface area contributed by atoms with E-state index in [1.165, 1.54) is 6.07 Å². The third kappa shape index (κ3) is 3.74. The molecule has 0 fully saturated rings. The maximum absolute atomic E-state index is 13.3. The molecule has 3 nitrogen and oxygen atoms in total. The molecule has 1 atom stereocenters. The highest BCUT2D eigenvalue weighted by atomic mass is 79.9. The maximum Gasteiger partial charge on any atom is 0.228 e. The average Bonchev–Trinajstić information content (AvgIpc) is 2.26. The van der Waals surface area contributed by atoms with Crippen molar-refractivity contribution in [3.05, 3.63) is 28.2 Å². The lowest BCUT2D eigenvalue weighted by Crippen LogP contribution is -2.28. The van der Waals surface area contributed by atoms with Gasteiger partial charge in [0, 0.05) is 18.5 Å². The Morgan fingerprint density at radius 3 is 2.65 bits per heavy atom. The van der Waals surface area contributed by atoms with E-state index in [2.05, 4.69) is 26.6 Å². The van der Waals surface area contributed by atoms with Crippen LogP contribution < -0.4 is 10.6 Å². The number of hydrogen-bond acceptors (Lipinski definition) is 2. The second-order valence-electron chi connectivity index (χ2n) is 3.69. The molecule has 0 bridgehead atoms. The highest BCUT2D eigenvalue weighted by Crippen LogP contribution is 2.23. The molecule has 1 unspecified atom stereocenters. The van der Waals surface area contributed by atoms with Crippen molar-refractivity contribution in [2.24, 2.45) is 5.92 Å². The Bertz CT molecular complexity index is 426. The summed E-state index contributed by atoms with van der Waals surface area (Å²) >= 11 is 2.93. The fraction of sp³-hybridized carbons (Fsp3) is 0.364. The fourth-order valence-corrected chi connectivity index (χ4v) is 1.62. The van der Waals surface area contributed by atoms with Crippen molar-refractivity contribution in [2.45, 2.75) is 6.92 Å². The maximum atomic E-state index is 13.3. The summed E-state index contributed by atoms with van der Waals surface area (Å²) in [6.07, 6.45) is 0. The van der Waals surface area contributed by atoms with Crippen molar-refractivity contribution in [1.29, 1.82) is 0 Å². The van der Waals surface area contributed by atoms with E-state index >= 15 is 0 Å². The van der Waals surface area contributed by atoms with Crippen molar-refractivity contribution in [2.75, 3.05) is 18.9 Å². The highest BCUT2D eigenvalue weighted by Gasteiger charge is 2.15. The van der Waals surface area contributed by atoms with E-state index in [1.807, 2.05) is 0 Å². The topological polar surface area (TPSA) is 41.1 Å². The lowest BCUT2D eigenvalue weighted by atomic mass is 10.1. The van der Waals surface area contributed by atoms with E-state index in [-0.39, 0.29) is 22.0 Å². The number of halogens is 3. The largest absolute Gasteiger partial charge is 0.323 e. The number of carbonyl (C=O) groups excluding carboxylic acids is 1. The van der Waals surface area contributed by atoms with Gasteiger partial charge in [-0.3, -0.25) is 4.79 Å². The summed E-state index contributed by atoms with van der Waals surface area (Å²) in [6, 6.07) is 1.93. The van der Waals surface area contributed by atoms with Crippen LogP contribution in [0, 0.1) is 17.6 Å². The first-order chi connectivity index (χ1) is 7.95. The fourth-order valence-electron chi connectivity index (χ4n) is 1.27.